The fourth-order valence-electron chi connectivity index (χ4n) is 0.947. The number of ether oxygens (including phenoxy) is 1. The summed E-state index contributed by atoms with van der Waals surface area (Å²) < 4.78 is 5.03. The van der Waals surface area contributed by atoms with Gasteiger partial charge in [0.25, 0.3) is 0 Å². The van der Waals surface area contributed by atoms with Crippen molar-refractivity contribution in [3.8, 4) is 0 Å². The van der Waals surface area contributed by atoms with Gasteiger partial charge < -0.3 is 10.5 Å². The van der Waals surface area contributed by atoms with Gasteiger partial charge in [0, 0.05) is 7.11 Å². The van der Waals surface area contributed by atoms with E-state index in [0.29, 0.717) is 0 Å². The lowest BCUT2D eigenvalue weighted by atomic mass is 9.88. The first-order valence-electron chi connectivity index (χ1n) is 3.26. The number of hydrogen-bond donors (Lipinski definition) is 2. The molecule has 60 valence electrons. The molecule has 0 radical (unpaired) electrons. The molecule has 0 amide bonds. The molecule has 0 saturated carbocycles. The van der Waals surface area contributed by atoms with Crippen LogP contribution >= 0.6 is 0 Å². The summed E-state index contributed by atoms with van der Waals surface area (Å²) in [4.78, 5) is 0. The van der Waals surface area contributed by atoms with Crippen LogP contribution in [0.1, 0.15) is 20.8 Å². The molecule has 0 saturated heterocycles. The lowest BCUT2D eigenvalue weighted by molar-refractivity contribution is 0.0669. The Morgan fingerprint density at radius 3 is 1.90 bits per heavy atom. The normalized spacial score (nSPS) is 14.8. The van der Waals surface area contributed by atoms with E-state index in [1.807, 2.05) is 20.8 Å². The summed E-state index contributed by atoms with van der Waals surface area (Å²) in [6, 6.07) is 0. The highest BCUT2D eigenvalue weighted by molar-refractivity contribution is 5.82. The van der Waals surface area contributed by atoms with Gasteiger partial charge >= 0.3 is 0 Å². The highest BCUT2D eigenvalue weighted by atomic mass is 16.5. The van der Waals surface area contributed by atoms with Crippen LogP contribution in [0.15, 0.2) is 0 Å². The standard InChI is InChI=1S/C7H16N2O/c1-7(2,3)5(10-4)6(8)9/h5H,1-4H3,(H3,8,9). The largest absolute Gasteiger partial charge is 0.385 e. The van der Waals surface area contributed by atoms with Crippen molar-refractivity contribution in [2.24, 2.45) is 11.1 Å². The number of amidine groups is 1. The Labute approximate surface area is 62.1 Å². The van der Waals surface area contributed by atoms with Crippen molar-refractivity contribution in [1.29, 1.82) is 5.41 Å². The van der Waals surface area contributed by atoms with Gasteiger partial charge in [-0.3, -0.25) is 5.41 Å². The molecular weight excluding hydrogens is 128 g/mol. The Morgan fingerprint density at radius 2 is 1.90 bits per heavy atom. The molecule has 0 fully saturated rings. The summed E-state index contributed by atoms with van der Waals surface area (Å²) in [5, 5.41) is 7.16. The Hall–Kier alpha value is -0.570. The molecule has 0 aromatic heterocycles. The Bertz CT molecular complexity index is 126. The molecule has 0 aromatic carbocycles. The molecule has 0 spiro atoms. The zero-order valence-corrected chi connectivity index (χ0v) is 7.06. The summed E-state index contributed by atoms with van der Waals surface area (Å²) in [6.45, 7) is 5.97. The van der Waals surface area contributed by atoms with Crippen LogP contribution in [-0.4, -0.2) is 19.0 Å². The second kappa shape index (κ2) is 3.01. The molecule has 3 heteroatoms. The van der Waals surface area contributed by atoms with Gasteiger partial charge in [-0.15, -0.1) is 0 Å². The van der Waals surface area contributed by atoms with E-state index in [1.54, 1.807) is 7.11 Å². The first-order valence-corrected chi connectivity index (χ1v) is 3.26. The zero-order chi connectivity index (χ0) is 8.36. The van der Waals surface area contributed by atoms with E-state index in [1.165, 1.54) is 0 Å². The van der Waals surface area contributed by atoms with Gasteiger partial charge in [0.2, 0.25) is 0 Å². The summed E-state index contributed by atoms with van der Waals surface area (Å²) >= 11 is 0. The Morgan fingerprint density at radius 1 is 1.50 bits per heavy atom. The molecule has 0 heterocycles. The molecule has 0 aromatic rings. The number of nitrogens with one attached hydrogen (secondary N) is 1. The van der Waals surface area contributed by atoms with E-state index in [9.17, 15) is 0 Å². The number of hydrogen-bond acceptors (Lipinski definition) is 2. The van der Waals surface area contributed by atoms with E-state index in [-0.39, 0.29) is 17.4 Å². The van der Waals surface area contributed by atoms with Crippen molar-refractivity contribution in [3.63, 3.8) is 0 Å². The van der Waals surface area contributed by atoms with Crippen molar-refractivity contribution in [2.75, 3.05) is 7.11 Å². The maximum Gasteiger partial charge on any atom is 0.121 e. The molecule has 10 heavy (non-hydrogen) atoms. The highest BCUT2D eigenvalue weighted by Gasteiger charge is 2.26. The Kier molecular flexibility index (Phi) is 2.84. The van der Waals surface area contributed by atoms with Crippen LogP contribution in [0.4, 0.5) is 0 Å². The average Bonchev–Trinajstić information content (AvgIpc) is 1.60. The summed E-state index contributed by atoms with van der Waals surface area (Å²) in [6.07, 6.45) is -0.271. The van der Waals surface area contributed by atoms with Crippen molar-refractivity contribution in [1.82, 2.24) is 0 Å². The van der Waals surface area contributed by atoms with Crippen molar-refractivity contribution >= 4 is 5.84 Å². The van der Waals surface area contributed by atoms with Crippen LogP contribution in [0.5, 0.6) is 0 Å². The van der Waals surface area contributed by atoms with Gasteiger partial charge in [0.1, 0.15) is 11.9 Å². The van der Waals surface area contributed by atoms with E-state index >= 15 is 0 Å². The van der Waals surface area contributed by atoms with Gasteiger partial charge in [0.05, 0.1) is 0 Å². The molecule has 0 bridgehead atoms. The van der Waals surface area contributed by atoms with Gasteiger partial charge in [-0.05, 0) is 5.41 Å². The smallest absolute Gasteiger partial charge is 0.121 e. The quantitative estimate of drug-likeness (QED) is 0.448. The van der Waals surface area contributed by atoms with Gasteiger partial charge in [-0.25, -0.2) is 0 Å². The molecule has 3 nitrogen and oxygen atoms in total. The topological polar surface area (TPSA) is 59.1 Å². The van der Waals surface area contributed by atoms with Crippen LogP contribution in [-0.2, 0) is 4.74 Å². The lowest BCUT2D eigenvalue weighted by Crippen LogP contribution is -2.40. The van der Waals surface area contributed by atoms with Crippen LogP contribution < -0.4 is 5.73 Å². The van der Waals surface area contributed by atoms with Crippen LogP contribution in [0, 0.1) is 10.8 Å². The number of rotatable bonds is 2. The Balaban J connectivity index is 4.22. The molecule has 0 rings (SSSR count). The molecule has 0 aliphatic carbocycles. The minimum atomic E-state index is -0.271. The monoisotopic (exact) mass is 144 g/mol. The maximum atomic E-state index is 7.16. The summed E-state index contributed by atoms with van der Waals surface area (Å²) in [7, 11) is 1.57. The second-order valence-corrected chi connectivity index (χ2v) is 3.44. The minimum absolute atomic E-state index is 0.0828. The number of nitrogens with two attached hydrogens (primary N) is 1. The van der Waals surface area contributed by atoms with Crippen LogP contribution in [0.25, 0.3) is 0 Å². The third-order valence-electron chi connectivity index (χ3n) is 1.30. The van der Waals surface area contributed by atoms with Crippen molar-refractivity contribution < 1.29 is 4.74 Å². The van der Waals surface area contributed by atoms with Gasteiger partial charge in [-0.1, -0.05) is 20.8 Å². The molecule has 1 unspecified atom stereocenters. The second-order valence-electron chi connectivity index (χ2n) is 3.44. The van der Waals surface area contributed by atoms with E-state index in [0.717, 1.165) is 0 Å². The van der Waals surface area contributed by atoms with Gasteiger partial charge in [-0.2, -0.15) is 0 Å². The zero-order valence-electron chi connectivity index (χ0n) is 7.06. The summed E-state index contributed by atoms with van der Waals surface area (Å²) in [5.41, 5.74) is 5.21. The third kappa shape index (κ3) is 2.35. The van der Waals surface area contributed by atoms with Crippen LogP contribution in [0.3, 0.4) is 0 Å². The first-order chi connectivity index (χ1) is 4.39. The molecular formula is C7H16N2O. The lowest BCUT2D eigenvalue weighted by Gasteiger charge is -2.27. The average molecular weight is 144 g/mol. The maximum absolute atomic E-state index is 7.16. The molecule has 1 atom stereocenters. The number of methoxy groups -OCH3 is 1. The van der Waals surface area contributed by atoms with Gasteiger partial charge in [0.15, 0.2) is 0 Å². The fraction of sp³-hybridized carbons (Fsp3) is 0.857. The predicted octanol–water partition coefficient (Wildman–Crippen LogP) is 0.983. The third-order valence-corrected chi connectivity index (χ3v) is 1.30. The van der Waals surface area contributed by atoms with Crippen molar-refractivity contribution in [2.45, 2.75) is 26.9 Å². The summed E-state index contributed by atoms with van der Waals surface area (Å²) in [5.74, 6) is 0.0926. The van der Waals surface area contributed by atoms with E-state index in [4.69, 9.17) is 15.9 Å². The molecule has 0 aliphatic rings. The van der Waals surface area contributed by atoms with E-state index < -0.39 is 0 Å². The SMILES string of the molecule is COC(C(=N)N)C(C)(C)C. The van der Waals surface area contributed by atoms with Crippen LogP contribution in [0.2, 0.25) is 0 Å². The van der Waals surface area contributed by atoms with E-state index in [2.05, 4.69) is 0 Å². The van der Waals surface area contributed by atoms with Crippen molar-refractivity contribution in [3.05, 3.63) is 0 Å². The molecule has 0 aliphatic heterocycles. The highest BCUT2D eigenvalue weighted by Crippen LogP contribution is 2.20. The fourth-order valence-corrected chi connectivity index (χ4v) is 0.947. The molecule has 3 N–H and O–H groups in total. The minimum Gasteiger partial charge on any atom is -0.385 e. The first kappa shape index (κ1) is 9.43. The predicted molar refractivity (Wildman–Crippen MR) is 42.2 cm³/mol.